The first-order valence-corrected chi connectivity index (χ1v) is 10.1. The van der Waals surface area contributed by atoms with E-state index in [9.17, 15) is 9.90 Å². The summed E-state index contributed by atoms with van der Waals surface area (Å²) in [4.78, 5) is 14.8. The Bertz CT molecular complexity index is 822. The van der Waals surface area contributed by atoms with E-state index in [0.29, 0.717) is 48.5 Å². The third-order valence-corrected chi connectivity index (χ3v) is 5.56. The molecule has 1 saturated heterocycles. The zero-order valence-electron chi connectivity index (χ0n) is 15.6. The minimum absolute atomic E-state index is 0.00322. The van der Waals surface area contributed by atoms with Gasteiger partial charge in [-0.25, -0.2) is 0 Å². The van der Waals surface area contributed by atoms with Crippen molar-refractivity contribution < 1.29 is 23.8 Å². The molecule has 2 aromatic rings. The van der Waals surface area contributed by atoms with Crippen molar-refractivity contribution in [2.24, 2.45) is 0 Å². The Labute approximate surface area is 169 Å². The number of halogens is 1. The lowest BCUT2D eigenvalue weighted by Crippen LogP contribution is -2.37. The van der Waals surface area contributed by atoms with E-state index in [2.05, 4.69) is 0 Å². The van der Waals surface area contributed by atoms with Gasteiger partial charge in [-0.2, -0.15) is 0 Å². The van der Waals surface area contributed by atoms with E-state index < -0.39 is 6.10 Å². The first-order chi connectivity index (χ1) is 13.6. The molecule has 1 aromatic carbocycles. The van der Waals surface area contributed by atoms with Crippen LogP contribution in [-0.2, 0) is 11.2 Å². The molecule has 0 saturated carbocycles. The van der Waals surface area contributed by atoms with Gasteiger partial charge in [0.25, 0.3) is 0 Å². The highest BCUT2D eigenvalue weighted by Crippen LogP contribution is 2.38. The standard InChI is InChI=1S/C21H24ClNO5/c22-16-10-14(11-19-21(16)28-9-3-8-27-19)12-20(25)23-6-1-4-15(23)13-17(24)18-5-2-7-26-18/h2,5,7,10-11,15,17,24H,1,3-4,6,8-9,12-13H2/t15-,17-/m1/s1. The summed E-state index contributed by atoms with van der Waals surface area (Å²) in [7, 11) is 0. The summed E-state index contributed by atoms with van der Waals surface area (Å²) in [5.41, 5.74) is 0.802. The number of aliphatic hydroxyl groups is 1. The number of carbonyl (C=O) groups is 1. The molecule has 0 aliphatic carbocycles. The maximum Gasteiger partial charge on any atom is 0.227 e. The number of benzene rings is 1. The van der Waals surface area contributed by atoms with E-state index in [0.717, 1.165) is 24.8 Å². The number of rotatable bonds is 5. The second kappa shape index (κ2) is 8.45. The fraction of sp³-hybridized carbons (Fsp3) is 0.476. The molecular weight excluding hydrogens is 382 g/mol. The van der Waals surface area contributed by atoms with E-state index in [1.807, 2.05) is 11.0 Å². The second-order valence-corrected chi connectivity index (χ2v) is 7.69. The molecule has 1 aromatic heterocycles. The van der Waals surface area contributed by atoms with Crippen molar-refractivity contribution >= 4 is 17.5 Å². The van der Waals surface area contributed by atoms with Crippen LogP contribution in [0.4, 0.5) is 0 Å². The van der Waals surface area contributed by atoms with Gasteiger partial charge in [0.15, 0.2) is 11.5 Å². The number of aliphatic hydroxyl groups excluding tert-OH is 1. The average Bonchev–Trinajstić information content (AvgIpc) is 3.30. The highest BCUT2D eigenvalue weighted by Gasteiger charge is 2.31. The molecule has 1 fully saturated rings. The van der Waals surface area contributed by atoms with Crippen LogP contribution in [0.25, 0.3) is 0 Å². The molecule has 1 amide bonds. The van der Waals surface area contributed by atoms with Gasteiger partial charge < -0.3 is 23.9 Å². The molecule has 0 unspecified atom stereocenters. The van der Waals surface area contributed by atoms with Crippen LogP contribution < -0.4 is 9.47 Å². The molecule has 0 radical (unpaired) electrons. The molecule has 2 aliphatic rings. The van der Waals surface area contributed by atoms with Crippen LogP contribution in [-0.4, -0.2) is 41.7 Å². The van der Waals surface area contributed by atoms with Crippen LogP contribution in [0.1, 0.15) is 43.1 Å². The Morgan fingerprint density at radius 2 is 2.14 bits per heavy atom. The van der Waals surface area contributed by atoms with Crippen molar-refractivity contribution in [3.63, 3.8) is 0 Å². The smallest absolute Gasteiger partial charge is 0.227 e. The second-order valence-electron chi connectivity index (χ2n) is 7.28. The van der Waals surface area contributed by atoms with Gasteiger partial charge in [0.1, 0.15) is 11.9 Å². The third-order valence-electron chi connectivity index (χ3n) is 5.28. The van der Waals surface area contributed by atoms with Crippen molar-refractivity contribution in [1.82, 2.24) is 4.90 Å². The van der Waals surface area contributed by atoms with Gasteiger partial charge in [-0.05, 0) is 42.7 Å². The van der Waals surface area contributed by atoms with Crippen molar-refractivity contribution in [2.75, 3.05) is 19.8 Å². The molecule has 2 atom stereocenters. The van der Waals surface area contributed by atoms with E-state index >= 15 is 0 Å². The number of fused-ring (bicyclic) bond motifs is 1. The fourth-order valence-electron chi connectivity index (χ4n) is 3.93. The van der Waals surface area contributed by atoms with Crippen molar-refractivity contribution in [1.29, 1.82) is 0 Å². The van der Waals surface area contributed by atoms with E-state index in [1.165, 1.54) is 0 Å². The highest BCUT2D eigenvalue weighted by molar-refractivity contribution is 6.32. The number of likely N-dealkylation sites (tertiary alicyclic amines) is 1. The van der Waals surface area contributed by atoms with Crippen LogP contribution >= 0.6 is 11.6 Å². The lowest BCUT2D eigenvalue weighted by Gasteiger charge is -2.26. The highest BCUT2D eigenvalue weighted by atomic mass is 35.5. The van der Waals surface area contributed by atoms with E-state index in [4.69, 9.17) is 25.5 Å². The van der Waals surface area contributed by atoms with Gasteiger partial charge in [-0.1, -0.05) is 11.6 Å². The van der Waals surface area contributed by atoms with Crippen molar-refractivity contribution in [3.8, 4) is 11.5 Å². The number of amides is 1. The molecule has 1 N–H and O–H groups in total. The van der Waals surface area contributed by atoms with Crippen LogP contribution in [0.3, 0.4) is 0 Å². The maximum atomic E-state index is 12.9. The predicted octanol–water partition coefficient (Wildman–Crippen LogP) is 3.75. The molecule has 2 aliphatic heterocycles. The van der Waals surface area contributed by atoms with Crippen molar-refractivity contribution in [2.45, 2.75) is 44.2 Å². The summed E-state index contributed by atoms with van der Waals surface area (Å²) in [6, 6.07) is 7.13. The Hall–Kier alpha value is -2.18. The Kier molecular flexibility index (Phi) is 5.78. The van der Waals surface area contributed by atoms with Gasteiger partial charge in [-0.15, -0.1) is 0 Å². The average molecular weight is 406 g/mol. The zero-order chi connectivity index (χ0) is 19.5. The summed E-state index contributed by atoms with van der Waals surface area (Å²) in [5.74, 6) is 1.71. The predicted molar refractivity (Wildman–Crippen MR) is 104 cm³/mol. The molecule has 6 nitrogen and oxygen atoms in total. The molecule has 0 spiro atoms. The minimum atomic E-state index is -0.708. The quantitative estimate of drug-likeness (QED) is 0.820. The number of ether oxygens (including phenoxy) is 2. The topological polar surface area (TPSA) is 72.1 Å². The molecule has 7 heteroatoms. The maximum absolute atomic E-state index is 12.9. The summed E-state index contributed by atoms with van der Waals surface area (Å²) in [6.07, 6.45) is 4.16. The summed E-state index contributed by atoms with van der Waals surface area (Å²) < 4.78 is 16.6. The zero-order valence-corrected chi connectivity index (χ0v) is 16.4. The molecule has 28 heavy (non-hydrogen) atoms. The monoisotopic (exact) mass is 405 g/mol. The normalized spacial score (nSPS) is 20.1. The number of hydrogen-bond acceptors (Lipinski definition) is 5. The SMILES string of the molecule is O=C(Cc1cc(Cl)c2c(c1)OCCCO2)N1CCC[C@@H]1C[C@@H](O)c1ccco1. The molecule has 150 valence electrons. The molecule has 4 rings (SSSR count). The minimum Gasteiger partial charge on any atom is -0.489 e. The van der Waals surface area contributed by atoms with E-state index in [-0.39, 0.29) is 18.4 Å². The van der Waals surface area contributed by atoms with Crippen LogP contribution in [0.5, 0.6) is 11.5 Å². The fourth-order valence-corrected chi connectivity index (χ4v) is 4.21. The summed E-state index contributed by atoms with van der Waals surface area (Å²) >= 11 is 6.34. The summed E-state index contributed by atoms with van der Waals surface area (Å²) in [5, 5.41) is 10.8. The largest absolute Gasteiger partial charge is 0.489 e. The van der Waals surface area contributed by atoms with E-state index in [1.54, 1.807) is 24.5 Å². The third kappa shape index (κ3) is 4.13. The van der Waals surface area contributed by atoms with Crippen LogP contribution in [0.15, 0.2) is 34.9 Å². The van der Waals surface area contributed by atoms with Gasteiger partial charge >= 0.3 is 0 Å². The number of furan rings is 1. The van der Waals surface area contributed by atoms with Gasteiger partial charge in [0.05, 0.1) is 30.9 Å². The lowest BCUT2D eigenvalue weighted by atomic mass is 10.0. The number of carbonyl (C=O) groups excluding carboxylic acids is 1. The Balaban J connectivity index is 1.44. The summed E-state index contributed by atoms with van der Waals surface area (Å²) in [6.45, 7) is 1.84. The van der Waals surface area contributed by atoms with Crippen LogP contribution in [0, 0.1) is 0 Å². The number of nitrogens with zero attached hydrogens (tertiary/aromatic N) is 1. The van der Waals surface area contributed by atoms with Gasteiger partial charge in [-0.3, -0.25) is 4.79 Å². The first-order valence-electron chi connectivity index (χ1n) is 9.71. The molecular formula is C21H24ClNO5. The number of hydrogen-bond donors (Lipinski definition) is 1. The van der Waals surface area contributed by atoms with Crippen LogP contribution in [0.2, 0.25) is 5.02 Å². The Morgan fingerprint density at radius 3 is 2.96 bits per heavy atom. The van der Waals surface area contributed by atoms with Gasteiger partial charge in [0, 0.05) is 25.4 Å². The molecule has 0 bridgehead atoms. The lowest BCUT2D eigenvalue weighted by molar-refractivity contribution is -0.131. The Morgan fingerprint density at radius 1 is 1.29 bits per heavy atom. The molecule has 3 heterocycles. The van der Waals surface area contributed by atoms with Crippen molar-refractivity contribution in [3.05, 3.63) is 46.9 Å². The van der Waals surface area contributed by atoms with Gasteiger partial charge in [0.2, 0.25) is 5.91 Å². The first kappa shape index (κ1) is 19.2.